The Labute approximate surface area is 115 Å². The van der Waals surface area contributed by atoms with Crippen molar-refractivity contribution in [3.05, 3.63) is 17.5 Å². The molecule has 1 aromatic rings. The summed E-state index contributed by atoms with van der Waals surface area (Å²) in [6.07, 6.45) is 1.30. The fourth-order valence-corrected chi connectivity index (χ4v) is 1.78. The molecule has 1 atom stereocenters. The molecule has 0 aromatic carbocycles. The van der Waals surface area contributed by atoms with Gasteiger partial charge in [0.25, 0.3) is 5.91 Å². The van der Waals surface area contributed by atoms with Crippen LogP contribution in [0.25, 0.3) is 0 Å². The molecule has 1 amide bonds. The maximum atomic E-state index is 12.0. The summed E-state index contributed by atoms with van der Waals surface area (Å²) >= 11 is 0. The molecule has 0 spiro atoms. The van der Waals surface area contributed by atoms with Gasteiger partial charge >= 0.3 is 11.9 Å². The van der Waals surface area contributed by atoms with Gasteiger partial charge in [-0.15, -0.1) is 0 Å². The molecule has 8 nitrogen and oxygen atoms in total. The molecule has 1 unspecified atom stereocenters. The number of carbonyl (C=O) groups is 3. The number of hydrogen-bond donors (Lipinski definition) is 3. The zero-order valence-corrected chi connectivity index (χ0v) is 11.5. The first-order chi connectivity index (χ1) is 9.23. The molecule has 0 aliphatic rings. The molecule has 1 rings (SSSR count). The van der Waals surface area contributed by atoms with Gasteiger partial charge in [-0.25, -0.2) is 9.59 Å². The third-order valence-electron chi connectivity index (χ3n) is 2.69. The summed E-state index contributed by atoms with van der Waals surface area (Å²) in [5.41, 5.74) is -0.439. The third-order valence-corrected chi connectivity index (χ3v) is 2.69. The Morgan fingerprint density at radius 2 is 1.95 bits per heavy atom. The molecule has 0 saturated heterocycles. The van der Waals surface area contributed by atoms with Crippen molar-refractivity contribution in [2.45, 2.75) is 26.3 Å². The van der Waals surface area contributed by atoms with Crippen molar-refractivity contribution >= 4 is 17.8 Å². The fourth-order valence-electron chi connectivity index (χ4n) is 1.78. The molecule has 0 aliphatic carbocycles. The van der Waals surface area contributed by atoms with E-state index < -0.39 is 23.9 Å². The van der Waals surface area contributed by atoms with Crippen molar-refractivity contribution in [1.29, 1.82) is 0 Å². The first kappa shape index (κ1) is 15.7. The highest BCUT2D eigenvalue weighted by atomic mass is 16.4. The molecule has 1 aromatic heterocycles. The van der Waals surface area contributed by atoms with Gasteiger partial charge in [-0.05, 0) is 12.3 Å². The van der Waals surface area contributed by atoms with E-state index in [-0.39, 0.29) is 23.6 Å². The van der Waals surface area contributed by atoms with Crippen LogP contribution < -0.4 is 5.32 Å². The minimum absolute atomic E-state index is 0.0712. The molecule has 0 radical (unpaired) electrons. The topological polar surface area (TPSA) is 122 Å². The molecular formula is C12H17N3O5. The molecule has 20 heavy (non-hydrogen) atoms. The lowest BCUT2D eigenvalue weighted by molar-refractivity contribution is -0.139. The third kappa shape index (κ3) is 3.56. The highest BCUT2D eigenvalue weighted by Crippen LogP contribution is 2.10. The number of nitrogens with zero attached hydrogens (tertiary/aromatic N) is 2. The number of rotatable bonds is 6. The largest absolute Gasteiger partial charge is 0.480 e. The van der Waals surface area contributed by atoms with Gasteiger partial charge in [0, 0.05) is 7.05 Å². The summed E-state index contributed by atoms with van der Waals surface area (Å²) in [6.45, 7) is 3.66. The molecule has 1 heterocycles. The number of nitrogens with one attached hydrogen (secondary N) is 1. The molecule has 110 valence electrons. The van der Waals surface area contributed by atoms with Gasteiger partial charge in [0.15, 0.2) is 0 Å². The molecule has 0 fully saturated rings. The van der Waals surface area contributed by atoms with Crippen LogP contribution in [0.4, 0.5) is 0 Å². The van der Waals surface area contributed by atoms with Crippen LogP contribution in [0.15, 0.2) is 6.20 Å². The smallest absolute Gasteiger partial charge is 0.339 e. The van der Waals surface area contributed by atoms with Gasteiger partial charge in [0.05, 0.1) is 6.20 Å². The quantitative estimate of drug-likeness (QED) is 0.692. The molecule has 8 heteroatoms. The molecule has 0 saturated carbocycles. The normalized spacial score (nSPS) is 12.2. The van der Waals surface area contributed by atoms with Gasteiger partial charge < -0.3 is 15.5 Å². The molecule has 3 N–H and O–H groups in total. The summed E-state index contributed by atoms with van der Waals surface area (Å²) in [6, 6.07) is -1.07. The van der Waals surface area contributed by atoms with E-state index in [1.165, 1.54) is 7.05 Å². The van der Waals surface area contributed by atoms with Crippen LogP contribution in [-0.4, -0.2) is 43.9 Å². The summed E-state index contributed by atoms with van der Waals surface area (Å²) in [7, 11) is 1.42. The van der Waals surface area contributed by atoms with Crippen molar-refractivity contribution in [3.63, 3.8) is 0 Å². The van der Waals surface area contributed by atoms with Crippen LogP contribution >= 0.6 is 0 Å². The summed E-state index contributed by atoms with van der Waals surface area (Å²) in [5.74, 6) is -3.15. The number of amides is 1. The Bertz CT molecular complexity index is 535. The average molecular weight is 283 g/mol. The lowest BCUT2D eigenvalue weighted by atomic mass is 10.0. The molecule has 0 bridgehead atoms. The van der Waals surface area contributed by atoms with Gasteiger partial charge in [0.2, 0.25) is 0 Å². The van der Waals surface area contributed by atoms with E-state index in [4.69, 9.17) is 10.2 Å². The number of aromatic carboxylic acids is 1. The average Bonchev–Trinajstić information content (AvgIpc) is 2.69. The summed E-state index contributed by atoms with van der Waals surface area (Å²) in [5, 5.41) is 24.1. The summed E-state index contributed by atoms with van der Waals surface area (Å²) in [4.78, 5) is 34.1. The number of aromatic nitrogens is 2. The number of aryl methyl sites for hydroxylation is 1. The van der Waals surface area contributed by atoms with Crippen molar-refractivity contribution < 1.29 is 24.6 Å². The minimum Gasteiger partial charge on any atom is -0.480 e. The first-order valence-corrected chi connectivity index (χ1v) is 6.03. The predicted molar refractivity (Wildman–Crippen MR) is 68.5 cm³/mol. The van der Waals surface area contributed by atoms with E-state index in [1.807, 2.05) is 13.8 Å². The zero-order chi connectivity index (χ0) is 15.4. The SMILES string of the molecule is CC(C)CC(NC(=O)c1c(C(=O)O)cnn1C)C(=O)O. The molecule has 0 aliphatic heterocycles. The Hall–Kier alpha value is -2.38. The second-order valence-corrected chi connectivity index (χ2v) is 4.83. The van der Waals surface area contributed by atoms with Crippen LogP contribution in [-0.2, 0) is 11.8 Å². The maximum absolute atomic E-state index is 12.0. The number of hydrogen-bond acceptors (Lipinski definition) is 4. The van der Waals surface area contributed by atoms with Crippen LogP contribution in [0, 0.1) is 5.92 Å². The summed E-state index contributed by atoms with van der Waals surface area (Å²) < 4.78 is 1.10. The lowest BCUT2D eigenvalue weighted by Gasteiger charge is -2.16. The van der Waals surface area contributed by atoms with Crippen LogP contribution in [0.2, 0.25) is 0 Å². The highest BCUT2D eigenvalue weighted by Gasteiger charge is 2.26. The van der Waals surface area contributed by atoms with E-state index in [9.17, 15) is 14.4 Å². The second kappa shape index (κ2) is 6.18. The van der Waals surface area contributed by atoms with Crippen molar-refractivity contribution in [3.8, 4) is 0 Å². The van der Waals surface area contributed by atoms with E-state index in [0.29, 0.717) is 0 Å². The lowest BCUT2D eigenvalue weighted by Crippen LogP contribution is -2.42. The minimum atomic E-state index is -1.29. The Morgan fingerprint density at radius 3 is 2.40 bits per heavy atom. The number of aliphatic carboxylic acids is 1. The van der Waals surface area contributed by atoms with E-state index in [2.05, 4.69) is 10.4 Å². The van der Waals surface area contributed by atoms with Gasteiger partial charge in [-0.2, -0.15) is 5.10 Å². The van der Waals surface area contributed by atoms with Crippen molar-refractivity contribution in [2.75, 3.05) is 0 Å². The first-order valence-electron chi connectivity index (χ1n) is 6.03. The number of carboxylic acid groups (broad SMARTS) is 2. The van der Waals surface area contributed by atoms with Crippen LogP contribution in [0.1, 0.15) is 41.1 Å². The van der Waals surface area contributed by atoms with Crippen LogP contribution in [0.5, 0.6) is 0 Å². The van der Waals surface area contributed by atoms with E-state index in [1.54, 1.807) is 0 Å². The Morgan fingerprint density at radius 1 is 1.35 bits per heavy atom. The highest BCUT2D eigenvalue weighted by molar-refractivity contribution is 6.04. The fraction of sp³-hybridized carbons (Fsp3) is 0.500. The second-order valence-electron chi connectivity index (χ2n) is 4.83. The zero-order valence-electron chi connectivity index (χ0n) is 11.5. The van der Waals surface area contributed by atoms with Crippen molar-refractivity contribution in [2.24, 2.45) is 13.0 Å². The van der Waals surface area contributed by atoms with Gasteiger partial charge in [-0.3, -0.25) is 9.48 Å². The molecular weight excluding hydrogens is 266 g/mol. The van der Waals surface area contributed by atoms with Gasteiger partial charge in [0.1, 0.15) is 17.3 Å². The van der Waals surface area contributed by atoms with Crippen molar-refractivity contribution in [1.82, 2.24) is 15.1 Å². The predicted octanol–water partition coefficient (Wildman–Crippen LogP) is 0.347. The Kier molecular flexibility index (Phi) is 4.84. The van der Waals surface area contributed by atoms with E-state index in [0.717, 1.165) is 10.9 Å². The Balaban J connectivity index is 2.97. The number of carbonyl (C=O) groups excluding carboxylic acids is 1. The van der Waals surface area contributed by atoms with E-state index >= 15 is 0 Å². The number of carboxylic acids is 2. The standard InChI is InChI=1S/C12H17N3O5/c1-6(2)4-8(12(19)20)14-10(16)9-7(11(17)18)5-13-15(9)3/h5-6,8H,4H2,1-3H3,(H,14,16)(H,17,18)(H,19,20). The maximum Gasteiger partial charge on any atom is 0.339 e. The van der Waals surface area contributed by atoms with Gasteiger partial charge in [-0.1, -0.05) is 13.8 Å². The monoisotopic (exact) mass is 283 g/mol. The van der Waals surface area contributed by atoms with Crippen LogP contribution in [0.3, 0.4) is 0 Å².